The predicted octanol–water partition coefficient (Wildman–Crippen LogP) is 4.70. The van der Waals surface area contributed by atoms with Crippen LogP contribution in [0.15, 0.2) is 36.5 Å². The lowest BCUT2D eigenvalue weighted by Gasteiger charge is -2.19. The molecular formula is C24H25F6N5O3. The molecule has 2 aromatic heterocycles. The van der Waals surface area contributed by atoms with E-state index in [4.69, 9.17) is 4.74 Å². The van der Waals surface area contributed by atoms with Crippen molar-refractivity contribution in [3.05, 3.63) is 59.0 Å². The first-order valence-electron chi connectivity index (χ1n) is 11.3. The number of hydrogen-bond donors (Lipinski definition) is 2. The van der Waals surface area contributed by atoms with Crippen molar-refractivity contribution in [3.63, 3.8) is 0 Å². The summed E-state index contributed by atoms with van der Waals surface area (Å²) in [4.78, 5) is 32.6. The van der Waals surface area contributed by atoms with Crippen LogP contribution in [0.1, 0.15) is 43.3 Å². The lowest BCUT2D eigenvalue weighted by molar-refractivity contribution is -0.143. The molecule has 0 atom stereocenters. The van der Waals surface area contributed by atoms with Crippen molar-refractivity contribution in [3.8, 4) is 0 Å². The van der Waals surface area contributed by atoms with Gasteiger partial charge in [-0.05, 0) is 56.7 Å². The van der Waals surface area contributed by atoms with Crippen molar-refractivity contribution in [1.29, 1.82) is 0 Å². The molecule has 14 heteroatoms. The van der Waals surface area contributed by atoms with E-state index >= 15 is 0 Å². The number of nitrogens with zero attached hydrogens (tertiary/aromatic N) is 3. The summed E-state index contributed by atoms with van der Waals surface area (Å²) >= 11 is 0. The van der Waals surface area contributed by atoms with Crippen LogP contribution in [0.3, 0.4) is 0 Å². The fourth-order valence-electron chi connectivity index (χ4n) is 3.49. The number of nitrogens with one attached hydrogen (secondary N) is 2. The molecule has 0 unspecified atom stereocenters. The number of alkyl halides is 6. The van der Waals surface area contributed by atoms with Crippen molar-refractivity contribution >= 4 is 23.2 Å². The van der Waals surface area contributed by atoms with Crippen LogP contribution in [0, 0.1) is 0 Å². The van der Waals surface area contributed by atoms with E-state index in [1.807, 2.05) is 0 Å². The molecule has 0 radical (unpaired) electrons. The molecule has 0 bridgehead atoms. The summed E-state index contributed by atoms with van der Waals surface area (Å²) < 4.78 is 86.2. The molecule has 3 aromatic rings. The summed E-state index contributed by atoms with van der Waals surface area (Å²) in [5, 5.41) is 5.03. The molecule has 0 aliphatic carbocycles. The van der Waals surface area contributed by atoms with Gasteiger partial charge in [0.25, 0.3) is 0 Å². The summed E-state index contributed by atoms with van der Waals surface area (Å²) in [6.45, 7) is 4.74. The van der Waals surface area contributed by atoms with Crippen molar-refractivity contribution in [2.24, 2.45) is 0 Å². The molecular weight excluding hydrogens is 520 g/mol. The van der Waals surface area contributed by atoms with Gasteiger partial charge < -0.3 is 19.9 Å². The van der Waals surface area contributed by atoms with Gasteiger partial charge in [0.15, 0.2) is 5.65 Å². The second-order valence-corrected chi connectivity index (χ2v) is 9.33. The van der Waals surface area contributed by atoms with Gasteiger partial charge >= 0.3 is 18.4 Å². The number of alkyl carbamates (subject to hydrolysis) is 1. The first kappa shape index (κ1) is 28.7. The van der Waals surface area contributed by atoms with Crippen LogP contribution in [-0.2, 0) is 34.8 Å². The van der Waals surface area contributed by atoms with Crippen LogP contribution in [-0.4, -0.2) is 45.2 Å². The number of ether oxygens (including phenoxy) is 1. The summed E-state index contributed by atoms with van der Waals surface area (Å²) in [5.74, 6) is -0.449. The van der Waals surface area contributed by atoms with Crippen LogP contribution in [0.5, 0.6) is 0 Å². The molecule has 0 aliphatic rings. The van der Waals surface area contributed by atoms with Gasteiger partial charge in [-0.15, -0.1) is 0 Å². The highest BCUT2D eigenvalue weighted by atomic mass is 19.4. The number of fused-ring (bicyclic) bond motifs is 1. The van der Waals surface area contributed by atoms with Crippen LogP contribution in [0.25, 0.3) is 11.2 Å². The molecule has 206 valence electrons. The number of pyridine rings is 1. The Morgan fingerprint density at radius 1 is 0.947 bits per heavy atom. The number of carbonyl (C=O) groups excluding carboxylic acids is 2. The summed E-state index contributed by atoms with van der Waals surface area (Å²) in [5.41, 5.74) is -3.38. The Morgan fingerprint density at radius 2 is 1.55 bits per heavy atom. The van der Waals surface area contributed by atoms with Crippen LogP contribution in [0.2, 0.25) is 0 Å². The molecule has 0 fully saturated rings. The molecule has 0 saturated heterocycles. The average Bonchev–Trinajstić information content (AvgIpc) is 3.11. The predicted molar refractivity (Wildman–Crippen MR) is 124 cm³/mol. The number of halogens is 6. The van der Waals surface area contributed by atoms with Gasteiger partial charge in [-0.2, -0.15) is 26.3 Å². The second kappa shape index (κ2) is 10.9. The van der Waals surface area contributed by atoms with Crippen molar-refractivity contribution < 1.29 is 40.7 Å². The Kier molecular flexibility index (Phi) is 8.22. The Morgan fingerprint density at radius 3 is 2.13 bits per heavy atom. The lowest BCUT2D eigenvalue weighted by atomic mass is 10.0. The summed E-state index contributed by atoms with van der Waals surface area (Å²) in [6.07, 6.45) is -9.62. The minimum atomic E-state index is -5.00. The fraction of sp³-hybridized carbons (Fsp3) is 0.417. The lowest BCUT2D eigenvalue weighted by Crippen LogP contribution is -2.38. The molecule has 8 nitrogen and oxygen atoms in total. The monoisotopic (exact) mass is 545 g/mol. The van der Waals surface area contributed by atoms with E-state index in [0.29, 0.717) is 17.6 Å². The zero-order valence-corrected chi connectivity index (χ0v) is 20.6. The van der Waals surface area contributed by atoms with Gasteiger partial charge in [0.05, 0.1) is 24.1 Å². The molecule has 0 spiro atoms. The Hall–Kier alpha value is -3.84. The van der Waals surface area contributed by atoms with Gasteiger partial charge in [-0.1, -0.05) is 0 Å². The van der Waals surface area contributed by atoms with E-state index in [2.05, 4.69) is 20.6 Å². The van der Waals surface area contributed by atoms with E-state index in [0.717, 1.165) is 0 Å². The molecule has 0 saturated carbocycles. The van der Waals surface area contributed by atoms with Gasteiger partial charge in [0, 0.05) is 19.3 Å². The minimum absolute atomic E-state index is 0.0408. The van der Waals surface area contributed by atoms with E-state index in [1.54, 1.807) is 32.9 Å². The molecule has 2 amide bonds. The number of aromatic nitrogens is 3. The second-order valence-electron chi connectivity index (χ2n) is 9.33. The zero-order valence-electron chi connectivity index (χ0n) is 20.6. The highest BCUT2D eigenvalue weighted by Crippen LogP contribution is 2.36. The number of benzene rings is 1. The Bertz CT molecular complexity index is 1280. The van der Waals surface area contributed by atoms with E-state index < -0.39 is 47.6 Å². The maximum Gasteiger partial charge on any atom is 0.416 e. The number of carbonyl (C=O) groups is 2. The van der Waals surface area contributed by atoms with Crippen molar-refractivity contribution in [2.75, 3.05) is 13.1 Å². The Labute approximate surface area is 213 Å². The number of imidazole rings is 1. The first-order chi connectivity index (χ1) is 17.5. The smallest absolute Gasteiger partial charge is 0.416 e. The van der Waals surface area contributed by atoms with Crippen molar-refractivity contribution in [1.82, 2.24) is 25.2 Å². The quantitative estimate of drug-likeness (QED) is 0.331. The van der Waals surface area contributed by atoms with Crippen molar-refractivity contribution in [2.45, 2.75) is 51.7 Å². The highest BCUT2D eigenvalue weighted by Gasteiger charge is 2.37. The zero-order chi connectivity index (χ0) is 28.3. The SMILES string of the molecule is CC(C)(C)OC(=O)NCCNC(=O)Cc1nc2cccnc2n1Cc1cc(C(F)(F)F)cc(C(F)(F)F)c1. The third-order valence-electron chi connectivity index (χ3n) is 5.01. The maximum atomic E-state index is 13.3. The average molecular weight is 545 g/mol. The van der Waals surface area contributed by atoms with Gasteiger partial charge in [-0.3, -0.25) is 4.79 Å². The number of hydrogen-bond acceptors (Lipinski definition) is 5. The number of amides is 2. The molecule has 2 heterocycles. The van der Waals surface area contributed by atoms with Gasteiger partial charge in [-0.25, -0.2) is 14.8 Å². The first-order valence-corrected chi connectivity index (χ1v) is 11.3. The largest absolute Gasteiger partial charge is 0.444 e. The van der Waals surface area contributed by atoms with E-state index in [-0.39, 0.29) is 42.6 Å². The number of rotatable bonds is 7. The standard InChI is InChI=1S/C24H25F6N5O3/c1-22(2,3)38-21(37)33-8-7-31-19(36)12-18-34-17-5-4-6-32-20(17)35(18)13-14-9-15(23(25,26)27)11-16(10-14)24(28,29)30/h4-6,9-11H,7-8,12-13H2,1-3H3,(H,31,36)(H,33,37). The third kappa shape index (κ3) is 7.83. The molecule has 1 aromatic carbocycles. The maximum absolute atomic E-state index is 13.3. The van der Waals surface area contributed by atoms with E-state index in [9.17, 15) is 35.9 Å². The van der Waals surface area contributed by atoms with Gasteiger partial charge in [0.2, 0.25) is 5.91 Å². The molecule has 2 N–H and O–H groups in total. The molecule has 0 aliphatic heterocycles. The molecule has 3 rings (SSSR count). The summed E-state index contributed by atoms with van der Waals surface area (Å²) in [6, 6.07) is 4.40. The van der Waals surface area contributed by atoms with Crippen LogP contribution < -0.4 is 10.6 Å². The Balaban J connectivity index is 1.80. The summed E-state index contributed by atoms with van der Waals surface area (Å²) in [7, 11) is 0. The highest BCUT2D eigenvalue weighted by molar-refractivity contribution is 5.80. The van der Waals surface area contributed by atoms with Gasteiger partial charge in [0.1, 0.15) is 16.9 Å². The minimum Gasteiger partial charge on any atom is -0.444 e. The third-order valence-corrected chi connectivity index (χ3v) is 5.01. The normalized spacial score (nSPS) is 12.4. The fourth-order valence-corrected chi connectivity index (χ4v) is 3.49. The van der Waals surface area contributed by atoms with E-state index in [1.165, 1.54) is 10.8 Å². The van der Waals surface area contributed by atoms with Crippen LogP contribution in [0.4, 0.5) is 31.1 Å². The molecule has 38 heavy (non-hydrogen) atoms. The van der Waals surface area contributed by atoms with Crippen LogP contribution >= 0.6 is 0 Å². The topological polar surface area (TPSA) is 98.1 Å².